The molecule has 0 saturated carbocycles. The van der Waals surface area contributed by atoms with E-state index in [2.05, 4.69) is 4.74 Å². The van der Waals surface area contributed by atoms with Crippen LogP contribution in [0.1, 0.15) is 20.9 Å². The lowest BCUT2D eigenvalue weighted by Crippen LogP contribution is -2.50. The first-order valence-corrected chi connectivity index (χ1v) is 7.72. The van der Waals surface area contributed by atoms with Gasteiger partial charge in [0.1, 0.15) is 5.75 Å². The fraction of sp³-hybridized carbons (Fsp3) is 0.294. The molecule has 2 aromatic rings. The number of carbonyl (C=O) groups excluding carboxylic acids is 2. The minimum Gasteiger partial charge on any atom is -0.459 e. The van der Waals surface area contributed by atoms with Crippen LogP contribution in [0.2, 0.25) is 0 Å². The number of carbonyl (C=O) groups is 2. The van der Waals surface area contributed by atoms with Crippen molar-refractivity contribution in [3.63, 3.8) is 0 Å². The average molecular weight is 350 g/mol. The minimum atomic E-state index is -3.00. The van der Waals surface area contributed by atoms with Gasteiger partial charge in [0.25, 0.3) is 11.8 Å². The van der Waals surface area contributed by atoms with E-state index in [1.165, 1.54) is 29.4 Å². The number of hydrogen-bond acceptors (Lipinski definition) is 4. The first-order valence-electron chi connectivity index (χ1n) is 7.72. The quantitative estimate of drug-likeness (QED) is 0.850. The number of rotatable bonds is 4. The number of alkyl halides is 2. The number of nitrogens with zero attached hydrogens (tertiary/aromatic N) is 2. The molecule has 1 aliphatic heterocycles. The number of piperazine rings is 1. The van der Waals surface area contributed by atoms with Gasteiger partial charge in [-0.15, -0.1) is 0 Å². The number of para-hydroxylation sites is 1. The maximum Gasteiger partial charge on any atom is 0.387 e. The Bertz CT molecular complexity index is 741. The van der Waals surface area contributed by atoms with E-state index < -0.39 is 12.5 Å². The van der Waals surface area contributed by atoms with Crippen LogP contribution in [0.4, 0.5) is 8.78 Å². The predicted molar refractivity (Wildman–Crippen MR) is 83.6 cm³/mol. The number of benzene rings is 1. The van der Waals surface area contributed by atoms with Gasteiger partial charge in [-0.3, -0.25) is 9.59 Å². The largest absolute Gasteiger partial charge is 0.459 e. The Balaban J connectivity index is 1.65. The molecule has 0 aliphatic carbocycles. The fourth-order valence-corrected chi connectivity index (χ4v) is 2.68. The summed E-state index contributed by atoms with van der Waals surface area (Å²) >= 11 is 0. The number of halogens is 2. The van der Waals surface area contributed by atoms with E-state index in [0.717, 1.165) is 0 Å². The standard InChI is InChI=1S/C17H16F2N2O4/c18-17(19)25-13-5-2-1-4-12(13)15(22)20-7-9-21(10-8-20)16(23)14-6-3-11-24-14/h1-6,11,17H,7-10H2. The van der Waals surface area contributed by atoms with Gasteiger partial charge >= 0.3 is 6.61 Å². The van der Waals surface area contributed by atoms with E-state index in [1.807, 2.05) is 0 Å². The molecule has 132 valence electrons. The molecule has 2 amide bonds. The summed E-state index contributed by atoms with van der Waals surface area (Å²) in [5, 5.41) is 0. The highest BCUT2D eigenvalue weighted by Crippen LogP contribution is 2.22. The zero-order valence-corrected chi connectivity index (χ0v) is 13.2. The Kier molecular flexibility index (Phi) is 4.97. The van der Waals surface area contributed by atoms with Crippen LogP contribution < -0.4 is 4.74 Å². The molecule has 1 aromatic carbocycles. The smallest absolute Gasteiger partial charge is 0.387 e. The van der Waals surface area contributed by atoms with Gasteiger partial charge in [-0.05, 0) is 24.3 Å². The van der Waals surface area contributed by atoms with E-state index in [4.69, 9.17) is 4.42 Å². The lowest BCUT2D eigenvalue weighted by atomic mass is 10.1. The van der Waals surface area contributed by atoms with Gasteiger partial charge in [0.2, 0.25) is 0 Å². The summed E-state index contributed by atoms with van der Waals surface area (Å²) in [5.41, 5.74) is 0.0774. The molecule has 0 radical (unpaired) electrons. The predicted octanol–water partition coefficient (Wildman–Crippen LogP) is 2.48. The third-order valence-electron chi connectivity index (χ3n) is 3.92. The summed E-state index contributed by atoms with van der Waals surface area (Å²) < 4.78 is 34.5. The van der Waals surface area contributed by atoms with Crippen molar-refractivity contribution in [3.8, 4) is 5.75 Å². The summed E-state index contributed by atoms with van der Waals surface area (Å²) in [6, 6.07) is 9.10. The van der Waals surface area contributed by atoms with Gasteiger partial charge in [-0.25, -0.2) is 0 Å². The number of amides is 2. The van der Waals surface area contributed by atoms with Crippen LogP contribution in [-0.4, -0.2) is 54.4 Å². The van der Waals surface area contributed by atoms with Crippen LogP contribution in [0, 0.1) is 0 Å². The van der Waals surface area contributed by atoms with Crippen LogP contribution in [-0.2, 0) is 0 Å². The van der Waals surface area contributed by atoms with Crippen LogP contribution >= 0.6 is 0 Å². The highest BCUT2D eigenvalue weighted by molar-refractivity contribution is 5.97. The van der Waals surface area contributed by atoms with Crippen molar-refractivity contribution in [1.29, 1.82) is 0 Å². The first kappa shape index (κ1) is 16.9. The Morgan fingerprint density at radius 3 is 2.20 bits per heavy atom. The monoisotopic (exact) mass is 350 g/mol. The highest BCUT2D eigenvalue weighted by atomic mass is 19.3. The average Bonchev–Trinajstić information content (AvgIpc) is 3.15. The molecule has 0 unspecified atom stereocenters. The molecule has 6 nitrogen and oxygen atoms in total. The molecule has 1 aromatic heterocycles. The zero-order chi connectivity index (χ0) is 17.8. The van der Waals surface area contributed by atoms with Crippen molar-refractivity contribution >= 4 is 11.8 Å². The maximum atomic E-state index is 12.6. The molecule has 0 spiro atoms. The second kappa shape index (κ2) is 7.33. The van der Waals surface area contributed by atoms with Crippen molar-refractivity contribution in [1.82, 2.24) is 9.80 Å². The highest BCUT2D eigenvalue weighted by Gasteiger charge is 2.28. The summed E-state index contributed by atoms with van der Waals surface area (Å²) in [6.07, 6.45) is 1.42. The van der Waals surface area contributed by atoms with Crippen LogP contribution in [0.5, 0.6) is 5.75 Å². The molecule has 1 fully saturated rings. The van der Waals surface area contributed by atoms with Crippen molar-refractivity contribution in [2.45, 2.75) is 6.61 Å². The molecule has 25 heavy (non-hydrogen) atoms. The number of furan rings is 1. The van der Waals surface area contributed by atoms with E-state index in [0.29, 0.717) is 26.2 Å². The minimum absolute atomic E-state index is 0.0774. The molecule has 3 rings (SSSR count). The van der Waals surface area contributed by atoms with Gasteiger partial charge < -0.3 is 19.0 Å². The van der Waals surface area contributed by atoms with E-state index >= 15 is 0 Å². The Morgan fingerprint density at radius 1 is 0.960 bits per heavy atom. The lowest BCUT2D eigenvalue weighted by Gasteiger charge is -2.34. The third kappa shape index (κ3) is 3.78. The Morgan fingerprint density at radius 2 is 1.60 bits per heavy atom. The fourth-order valence-electron chi connectivity index (χ4n) is 2.68. The second-order valence-electron chi connectivity index (χ2n) is 5.44. The number of hydrogen-bond donors (Lipinski definition) is 0. The second-order valence-corrected chi connectivity index (χ2v) is 5.44. The summed E-state index contributed by atoms with van der Waals surface area (Å²) in [5.74, 6) is -0.549. The van der Waals surface area contributed by atoms with Gasteiger partial charge in [0.05, 0.1) is 11.8 Å². The van der Waals surface area contributed by atoms with Crippen LogP contribution in [0.25, 0.3) is 0 Å². The summed E-state index contributed by atoms with van der Waals surface area (Å²) in [4.78, 5) is 27.9. The van der Waals surface area contributed by atoms with Crippen LogP contribution in [0.3, 0.4) is 0 Å². The van der Waals surface area contributed by atoms with Gasteiger partial charge in [0, 0.05) is 26.2 Å². The maximum absolute atomic E-state index is 12.6. The van der Waals surface area contributed by atoms with Gasteiger partial charge in [-0.2, -0.15) is 8.78 Å². The molecule has 0 N–H and O–H groups in total. The molecule has 1 aliphatic rings. The van der Waals surface area contributed by atoms with E-state index in [9.17, 15) is 18.4 Å². The molecule has 0 atom stereocenters. The van der Waals surface area contributed by atoms with Gasteiger partial charge in [0.15, 0.2) is 5.76 Å². The van der Waals surface area contributed by atoms with E-state index in [1.54, 1.807) is 23.1 Å². The molecular weight excluding hydrogens is 334 g/mol. The summed E-state index contributed by atoms with van der Waals surface area (Å²) in [6.45, 7) is -1.73. The van der Waals surface area contributed by atoms with Crippen molar-refractivity contribution < 1.29 is 27.5 Å². The molecule has 1 saturated heterocycles. The summed E-state index contributed by atoms with van der Waals surface area (Å²) in [7, 11) is 0. The molecule has 2 heterocycles. The van der Waals surface area contributed by atoms with E-state index in [-0.39, 0.29) is 23.0 Å². The van der Waals surface area contributed by atoms with Crippen molar-refractivity contribution in [2.24, 2.45) is 0 Å². The Hall–Kier alpha value is -2.90. The topological polar surface area (TPSA) is 63.0 Å². The molecule has 8 heteroatoms. The Labute approximate surface area is 142 Å². The zero-order valence-electron chi connectivity index (χ0n) is 13.2. The SMILES string of the molecule is O=C(c1ccco1)N1CCN(C(=O)c2ccccc2OC(F)F)CC1. The van der Waals surface area contributed by atoms with Gasteiger partial charge in [-0.1, -0.05) is 12.1 Å². The normalized spacial score (nSPS) is 14.7. The van der Waals surface area contributed by atoms with Crippen molar-refractivity contribution in [2.75, 3.05) is 26.2 Å². The first-order chi connectivity index (χ1) is 12.1. The molecular formula is C17H16F2N2O4. The van der Waals surface area contributed by atoms with Crippen molar-refractivity contribution in [3.05, 3.63) is 54.0 Å². The van der Waals surface area contributed by atoms with Crippen LogP contribution in [0.15, 0.2) is 47.1 Å². The lowest BCUT2D eigenvalue weighted by molar-refractivity contribution is -0.0503. The molecule has 0 bridgehead atoms. The third-order valence-corrected chi connectivity index (χ3v) is 3.92. The number of ether oxygens (including phenoxy) is 1.